The molecule has 0 radical (unpaired) electrons. The molecule has 0 atom stereocenters. The van der Waals surface area contributed by atoms with Gasteiger partial charge in [-0.25, -0.2) is 0 Å². The predicted molar refractivity (Wildman–Crippen MR) is 74.8 cm³/mol. The van der Waals surface area contributed by atoms with E-state index in [2.05, 4.69) is 22.0 Å². The Morgan fingerprint density at radius 2 is 2.10 bits per heavy atom. The maximum Gasteiger partial charge on any atom is 0.272 e. The van der Waals surface area contributed by atoms with Crippen molar-refractivity contribution in [1.29, 1.82) is 0 Å². The van der Waals surface area contributed by atoms with Crippen LogP contribution in [0.1, 0.15) is 23.0 Å². The minimum absolute atomic E-state index is 0.0203. The van der Waals surface area contributed by atoms with Crippen LogP contribution in [0.4, 0.5) is 0 Å². The van der Waals surface area contributed by atoms with Gasteiger partial charge >= 0.3 is 0 Å². The second-order valence-electron chi connectivity index (χ2n) is 4.64. The fraction of sp³-hybridized carbons (Fsp3) is 0.462. The van der Waals surface area contributed by atoms with Crippen molar-refractivity contribution < 1.29 is 10.0 Å². The maximum atomic E-state index is 12.3. The summed E-state index contributed by atoms with van der Waals surface area (Å²) in [5.74, 6) is -0.0973. The lowest BCUT2D eigenvalue weighted by Crippen LogP contribution is -2.48. The molecule has 2 heterocycles. The van der Waals surface area contributed by atoms with Gasteiger partial charge < -0.3 is 20.7 Å². The minimum Gasteiger partial charge on any atom is -0.409 e. The van der Waals surface area contributed by atoms with Crippen molar-refractivity contribution in [3.8, 4) is 0 Å². The van der Waals surface area contributed by atoms with E-state index in [-0.39, 0.29) is 11.7 Å². The molecule has 1 aliphatic heterocycles. The van der Waals surface area contributed by atoms with Crippen molar-refractivity contribution in [3.63, 3.8) is 0 Å². The Morgan fingerprint density at radius 3 is 2.60 bits per heavy atom. The first-order chi connectivity index (χ1) is 9.65. The van der Waals surface area contributed by atoms with E-state index < -0.39 is 0 Å². The maximum absolute atomic E-state index is 12.3. The molecule has 0 bridgehead atoms. The van der Waals surface area contributed by atoms with Crippen LogP contribution in [0, 0.1) is 0 Å². The van der Waals surface area contributed by atoms with Crippen LogP contribution in [0.5, 0.6) is 0 Å². The third-order valence-electron chi connectivity index (χ3n) is 3.49. The molecule has 108 valence electrons. The Balaban J connectivity index is 2.03. The monoisotopic (exact) mass is 277 g/mol. The summed E-state index contributed by atoms with van der Waals surface area (Å²) in [4.78, 5) is 20.5. The quantitative estimate of drug-likeness (QED) is 0.350. The van der Waals surface area contributed by atoms with Crippen molar-refractivity contribution in [2.24, 2.45) is 10.9 Å². The van der Waals surface area contributed by atoms with Gasteiger partial charge in [0.1, 0.15) is 5.69 Å². The molecule has 7 nitrogen and oxygen atoms in total. The predicted octanol–water partition coefficient (Wildman–Crippen LogP) is -0.0462. The highest BCUT2D eigenvalue weighted by molar-refractivity contribution is 5.98. The molecular weight excluding hydrogens is 258 g/mol. The Bertz CT molecular complexity index is 492. The average Bonchev–Trinajstić information content (AvgIpc) is 2.53. The lowest BCUT2D eigenvalue weighted by atomic mass is 10.2. The number of amides is 1. The zero-order valence-electron chi connectivity index (χ0n) is 11.5. The highest BCUT2D eigenvalue weighted by Gasteiger charge is 2.22. The lowest BCUT2D eigenvalue weighted by Gasteiger charge is -2.33. The largest absolute Gasteiger partial charge is 0.409 e. The number of nitrogens with two attached hydrogens (primary N) is 1. The molecule has 0 unspecified atom stereocenters. The van der Waals surface area contributed by atoms with Gasteiger partial charge in [0.15, 0.2) is 5.84 Å². The molecule has 1 aromatic rings. The van der Waals surface area contributed by atoms with Gasteiger partial charge in [-0.3, -0.25) is 9.78 Å². The number of likely N-dealkylation sites (N-methyl/N-ethyl adjacent to an activating group) is 1. The summed E-state index contributed by atoms with van der Waals surface area (Å²) < 4.78 is 0. The van der Waals surface area contributed by atoms with Crippen molar-refractivity contribution in [1.82, 2.24) is 14.8 Å². The number of hydrogen-bond acceptors (Lipinski definition) is 5. The number of aromatic nitrogens is 1. The smallest absolute Gasteiger partial charge is 0.272 e. The molecule has 0 aromatic carbocycles. The van der Waals surface area contributed by atoms with Crippen LogP contribution in [0.3, 0.4) is 0 Å². The molecule has 7 heteroatoms. The SMILES string of the molecule is CCN1CCN(C(=O)c2ccc(C(N)=NO)cn2)CC1. The molecule has 20 heavy (non-hydrogen) atoms. The molecule has 1 saturated heterocycles. The first-order valence-electron chi connectivity index (χ1n) is 6.61. The van der Waals surface area contributed by atoms with Gasteiger partial charge in [0.05, 0.1) is 0 Å². The molecule has 0 aliphatic carbocycles. The summed E-state index contributed by atoms with van der Waals surface area (Å²) in [6.45, 7) is 6.35. The normalized spacial score (nSPS) is 17.2. The molecule has 1 amide bonds. The Labute approximate surface area is 117 Å². The second-order valence-corrected chi connectivity index (χ2v) is 4.64. The number of oxime groups is 1. The van der Waals surface area contributed by atoms with Crippen LogP contribution in [-0.2, 0) is 0 Å². The van der Waals surface area contributed by atoms with Crippen molar-refractivity contribution in [2.45, 2.75) is 6.92 Å². The van der Waals surface area contributed by atoms with Crippen molar-refractivity contribution >= 4 is 11.7 Å². The van der Waals surface area contributed by atoms with E-state index in [9.17, 15) is 4.79 Å². The molecular formula is C13H19N5O2. The first-order valence-corrected chi connectivity index (χ1v) is 6.61. The highest BCUT2D eigenvalue weighted by Crippen LogP contribution is 2.08. The van der Waals surface area contributed by atoms with Crippen molar-refractivity contribution in [2.75, 3.05) is 32.7 Å². The summed E-state index contributed by atoms with van der Waals surface area (Å²) in [6, 6.07) is 3.22. The Morgan fingerprint density at radius 1 is 1.40 bits per heavy atom. The molecule has 0 saturated carbocycles. The summed E-state index contributed by atoms with van der Waals surface area (Å²) in [6.07, 6.45) is 1.44. The van der Waals surface area contributed by atoms with Gasteiger partial charge in [-0.2, -0.15) is 0 Å². The zero-order chi connectivity index (χ0) is 14.5. The third kappa shape index (κ3) is 3.05. The Hall–Kier alpha value is -2.15. The van der Waals surface area contributed by atoms with E-state index >= 15 is 0 Å². The van der Waals surface area contributed by atoms with E-state index in [0.29, 0.717) is 11.3 Å². The number of pyridine rings is 1. The zero-order valence-corrected chi connectivity index (χ0v) is 11.5. The lowest BCUT2D eigenvalue weighted by molar-refractivity contribution is 0.0637. The summed E-state index contributed by atoms with van der Waals surface area (Å²) in [5, 5.41) is 11.5. The van der Waals surface area contributed by atoms with Crippen LogP contribution in [0.2, 0.25) is 0 Å². The molecule has 2 rings (SSSR count). The number of hydrogen-bond donors (Lipinski definition) is 2. The van der Waals surface area contributed by atoms with Gasteiger partial charge in [-0.15, -0.1) is 0 Å². The van der Waals surface area contributed by atoms with Crippen LogP contribution >= 0.6 is 0 Å². The van der Waals surface area contributed by atoms with Gasteiger partial charge in [0.25, 0.3) is 5.91 Å². The molecule has 3 N–H and O–H groups in total. The van der Waals surface area contributed by atoms with Gasteiger partial charge in [-0.1, -0.05) is 12.1 Å². The summed E-state index contributed by atoms with van der Waals surface area (Å²) >= 11 is 0. The molecule has 1 aromatic heterocycles. The molecule has 1 fully saturated rings. The number of carbonyl (C=O) groups is 1. The summed E-state index contributed by atoms with van der Waals surface area (Å²) in [7, 11) is 0. The highest BCUT2D eigenvalue weighted by atomic mass is 16.4. The van der Waals surface area contributed by atoms with Crippen LogP contribution in [0.25, 0.3) is 0 Å². The molecule has 0 spiro atoms. The fourth-order valence-corrected chi connectivity index (χ4v) is 2.16. The van der Waals surface area contributed by atoms with E-state index in [0.717, 1.165) is 32.7 Å². The average molecular weight is 277 g/mol. The Kier molecular flexibility index (Phi) is 4.52. The van der Waals surface area contributed by atoms with Crippen molar-refractivity contribution in [3.05, 3.63) is 29.6 Å². The third-order valence-corrected chi connectivity index (χ3v) is 3.49. The number of rotatable bonds is 3. The fourth-order valence-electron chi connectivity index (χ4n) is 2.16. The number of amidine groups is 1. The van der Waals surface area contributed by atoms with Crippen LogP contribution in [-0.4, -0.2) is 64.5 Å². The standard InChI is InChI=1S/C13H19N5O2/c1-2-17-5-7-18(8-6-17)13(19)11-4-3-10(9-15-11)12(14)16-20/h3-4,9,20H,2,5-8H2,1H3,(H2,14,16). The number of carbonyl (C=O) groups excluding carboxylic acids is 1. The number of nitrogens with zero attached hydrogens (tertiary/aromatic N) is 4. The number of piperazine rings is 1. The van der Waals surface area contributed by atoms with E-state index in [1.807, 2.05) is 0 Å². The minimum atomic E-state index is -0.0770. The van der Waals surface area contributed by atoms with Gasteiger partial charge in [0, 0.05) is 37.9 Å². The first kappa shape index (κ1) is 14.3. The summed E-state index contributed by atoms with van der Waals surface area (Å²) in [5.41, 5.74) is 6.32. The van der Waals surface area contributed by atoms with E-state index in [1.165, 1.54) is 6.20 Å². The molecule has 1 aliphatic rings. The van der Waals surface area contributed by atoms with Gasteiger partial charge in [0.2, 0.25) is 0 Å². The van der Waals surface area contributed by atoms with Crippen LogP contribution < -0.4 is 5.73 Å². The van der Waals surface area contributed by atoms with E-state index in [1.54, 1.807) is 17.0 Å². The van der Waals surface area contributed by atoms with Crippen LogP contribution in [0.15, 0.2) is 23.5 Å². The second kappa shape index (κ2) is 6.33. The van der Waals surface area contributed by atoms with Gasteiger partial charge in [-0.05, 0) is 18.7 Å². The van der Waals surface area contributed by atoms with E-state index in [4.69, 9.17) is 10.9 Å². The topological polar surface area (TPSA) is 95.0 Å².